The number of thiazole rings is 1. The summed E-state index contributed by atoms with van der Waals surface area (Å²) in [6, 6.07) is 13.4. The number of anilines is 1. The van der Waals surface area contributed by atoms with E-state index < -0.39 is 16.9 Å². The number of ether oxygens (including phenoxy) is 2. The number of fused-ring (bicyclic) bond motifs is 1. The number of aromatic nitrogens is 1. The number of nitrogens with zero attached hydrogens (tertiary/aromatic N) is 4. The molecule has 1 saturated heterocycles. The van der Waals surface area contributed by atoms with Gasteiger partial charge in [-0.3, -0.25) is 19.5 Å². The molecular formula is C27H26N4O6S. The number of esters is 1. The van der Waals surface area contributed by atoms with Gasteiger partial charge in [0.1, 0.15) is 0 Å². The van der Waals surface area contributed by atoms with E-state index >= 15 is 0 Å². The lowest BCUT2D eigenvalue weighted by Gasteiger charge is -2.29. The van der Waals surface area contributed by atoms with E-state index in [1.54, 1.807) is 18.2 Å². The highest BCUT2D eigenvalue weighted by Crippen LogP contribution is 2.32. The van der Waals surface area contributed by atoms with Crippen molar-refractivity contribution in [2.24, 2.45) is 4.99 Å². The molecule has 10 nitrogen and oxygen atoms in total. The quantitative estimate of drug-likeness (QED) is 0.271. The average molecular weight is 535 g/mol. The molecule has 3 aromatic rings. The van der Waals surface area contributed by atoms with Crippen molar-refractivity contribution in [1.29, 1.82) is 0 Å². The molecule has 11 heteroatoms. The molecule has 0 spiro atoms. The predicted octanol–water partition coefficient (Wildman–Crippen LogP) is 2.54. The Morgan fingerprint density at radius 1 is 1.24 bits per heavy atom. The first-order chi connectivity index (χ1) is 18.4. The highest BCUT2D eigenvalue weighted by Gasteiger charge is 2.33. The van der Waals surface area contributed by atoms with Gasteiger partial charge < -0.3 is 14.4 Å². The van der Waals surface area contributed by atoms with Crippen molar-refractivity contribution in [2.75, 3.05) is 38.3 Å². The molecule has 1 atom stereocenters. The maximum Gasteiger partial charge on any atom is 0.338 e. The summed E-state index contributed by atoms with van der Waals surface area (Å²) in [5.41, 5.74) is 2.24. The van der Waals surface area contributed by atoms with E-state index in [0.717, 1.165) is 22.6 Å². The number of hydrogen-bond donors (Lipinski definition) is 0. The molecule has 2 aliphatic heterocycles. The van der Waals surface area contributed by atoms with Gasteiger partial charge in [-0.05, 0) is 30.2 Å². The topological polar surface area (TPSA) is 116 Å². The second-order valence-corrected chi connectivity index (χ2v) is 9.81. The van der Waals surface area contributed by atoms with Gasteiger partial charge in [0.2, 0.25) is 0 Å². The van der Waals surface area contributed by atoms with Crippen LogP contribution in [0.1, 0.15) is 30.5 Å². The Morgan fingerprint density at radius 2 is 1.97 bits per heavy atom. The highest BCUT2D eigenvalue weighted by molar-refractivity contribution is 7.07. The maximum absolute atomic E-state index is 13.8. The number of carbonyl (C=O) groups is 1. The van der Waals surface area contributed by atoms with E-state index in [1.807, 2.05) is 37.3 Å². The van der Waals surface area contributed by atoms with Gasteiger partial charge in [-0.2, -0.15) is 0 Å². The first-order valence-electron chi connectivity index (χ1n) is 12.2. The fourth-order valence-corrected chi connectivity index (χ4v) is 5.81. The van der Waals surface area contributed by atoms with Crippen molar-refractivity contribution in [3.8, 4) is 0 Å². The molecule has 5 rings (SSSR count). The van der Waals surface area contributed by atoms with Gasteiger partial charge in [0.25, 0.3) is 11.2 Å². The summed E-state index contributed by atoms with van der Waals surface area (Å²) in [6.07, 6.45) is 2.01. The normalized spacial score (nSPS) is 17.7. The molecule has 3 heterocycles. The number of hydrogen-bond acceptors (Lipinski definition) is 9. The fraction of sp³-hybridized carbons (Fsp3) is 0.296. The summed E-state index contributed by atoms with van der Waals surface area (Å²) in [4.78, 5) is 45.3. The average Bonchev–Trinajstić information content (AvgIpc) is 3.26. The lowest BCUT2D eigenvalue weighted by Crippen LogP contribution is -2.40. The molecule has 0 radical (unpaired) electrons. The standard InChI is InChI=1S/C27H26N4O6S/c1-3-20-23(26(33)36-2)24(17-7-5-4-6-8-17)30-25(32)22(38-27(30)28-20)16-18-15-19(9-10-21(18)31(34)35)29-11-13-37-14-12-29/h4-10,15-16,24H,3,11-14H2,1-2H3/b22-16-/t24-/m1/s1. The van der Waals surface area contributed by atoms with Crippen LogP contribution in [0, 0.1) is 10.1 Å². The molecule has 0 N–H and O–H groups in total. The van der Waals surface area contributed by atoms with Crippen LogP contribution in [0.3, 0.4) is 0 Å². The van der Waals surface area contributed by atoms with Gasteiger partial charge >= 0.3 is 5.97 Å². The van der Waals surface area contributed by atoms with Gasteiger partial charge in [-0.1, -0.05) is 48.6 Å². The number of carbonyl (C=O) groups excluding carboxylic acids is 1. The molecule has 0 aliphatic carbocycles. The molecule has 0 bridgehead atoms. The van der Waals surface area contributed by atoms with Crippen molar-refractivity contribution in [3.63, 3.8) is 0 Å². The van der Waals surface area contributed by atoms with E-state index in [2.05, 4.69) is 9.89 Å². The van der Waals surface area contributed by atoms with Crippen molar-refractivity contribution in [2.45, 2.75) is 19.4 Å². The minimum atomic E-state index is -0.730. The number of nitro groups is 1. The number of benzene rings is 2. The van der Waals surface area contributed by atoms with Gasteiger partial charge in [0, 0.05) is 24.8 Å². The highest BCUT2D eigenvalue weighted by atomic mass is 32.1. The molecular weight excluding hydrogens is 508 g/mol. The van der Waals surface area contributed by atoms with Crippen LogP contribution in [0.4, 0.5) is 11.4 Å². The minimum Gasteiger partial charge on any atom is -0.466 e. The van der Waals surface area contributed by atoms with Gasteiger partial charge in [-0.25, -0.2) is 9.79 Å². The lowest BCUT2D eigenvalue weighted by molar-refractivity contribution is -0.385. The number of rotatable bonds is 6. The Labute approximate surface area is 221 Å². The number of morpholine rings is 1. The monoisotopic (exact) mass is 534 g/mol. The Balaban J connectivity index is 1.71. The van der Waals surface area contributed by atoms with E-state index in [-0.39, 0.29) is 15.8 Å². The molecule has 1 aromatic heterocycles. The Hall–Kier alpha value is -4.09. The molecule has 196 valence electrons. The predicted molar refractivity (Wildman–Crippen MR) is 143 cm³/mol. The van der Waals surface area contributed by atoms with Crippen LogP contribution in [0.2, 0.25) is 0 Å². The largest absolute Gasteiger partial charge is 0.466 e. The van der Waals surface area contributed by atoms with Crippen LogP contribution in [-0.4, -0.2) is 48.9 Å². The van der Waals surface area contributed by atoms with Crippen LogP contribution in [0.15, 0.2) is 69.6 Å². The van der Waals surface area contributed by atoms with Crippen LogP contribution in [0.5, 0.6) is 0 Å². The maximum atomic E-state index is 13.8. The van der Waals surface area contributed by atoms with Crippen molar-refractivity contribution < 1.29 is 19.2 Å². The van der Waals surface area contributed by atoms with Crippen LogP contribution in [-0.2, 0) is 14.3 Å². The van der Waals surface area contributed by atoms with Gasteiger partial charge in [-0.15, -0.1) is 0 Å². The third kappa shape index (κ3) is 4.66. The molecule has 0 unspecified atom stereocenters. The third-order valence-corrected chi connectivity index (χ3v) is 7.62. The first-order valence-corrected chi connectivity index (χ1v) is 13.0. The molecule has 0 saturated carbocycles. The molecule has 2 aliphatic rings. The van der Waals surface area contributed by atoms with E-state index in [0.29, 0.717) is 54.4 Å². The number of nitro benzene ring substituents is 1. The smallest absolute Gasteiger partial charge is 0.338 e. The zero-order valence-electron chi connectivity index (χ0n) is 21.0. The van der Waals surface area contributed by atoms with Gasteiger partial charge in [0.05, 0.1) is 52.7 Å². The Kier molecular flexibility index (Phi) is 7.21. The van der Waals surface area contributed by atoms with Crippen molar-refractivity contribution in [1.82, 2.24) is 4.57 Å². The molecule has 38 heavy (non-hydrogen) atoms. The molecule has 1 fully saturated rings. The fourth-order valence-electron chi connectivity index (χ4n) is 4.80. The Bertz CT molecular complexity index is 1600. The third-order valence-electron chi connectivity index (χ3n) is 6.64. The summed E-state index contributed by atoms with van der Waals surface area (Å²) in [7, 11) is 1.30. The minimum absolute atomic E-state index is 0.100. The number of methoxy groups -OCH3 is 1. The summed E-state index contributed by atoms with van der Waals surface area (Å²) in [6.45, 7) is 4.39. The zero-order valence-corrected chi connectivity index (χ0v) is 21.8. The summed E-state index contributed by atoms with van der Waals surface area (Å²) >= 11 is 1.14. The summed E-state index contributed by atoms with van der Waals surface area (Å²) in [5.74, 6) is -0.553. The van der Waals surface area contributed by atoms with Crippen molar-refractivity contribution in [3.05, 3.63) is 101 Å². The first kappa shape index (κ1) is 25.6. The summed E-state index contributed by atoms with van der Waals surface area (Å²) in [5, 5.41) is 11.8. The van der Waals surface area contributed by atoms with Crippen LogP contribution < -0.4 is 19.8 Å². The molecule has 0 amide bonds. The zero-order chi connectivity index (χ0) is 26.8. The van der Waals surface area contributed by atoms with Crippen LogP contribution >= 0.6 is 11.3 Å². The van der Waals surface area contributed by atoms with Crippen molar-refractivity contribution >= 4 is 34.8 Å². The lowest BCUT2D eigenvalue weighted by atomic mass is 9.95. The van der Waals surface area contributed by atoms with E-state index in [1.165, 1.54) is 17.7 Å². The second-order valence-electron chi connectivity index (χ2n) is 8.80. The van der Waals surface area contributed by atoms with Gasteiger partial charge in [0.15, 0.2) is 4.80 Å². The molecule has 2 aromatic carbocycles. The van der Waals surface area contributed by atoms with E-state index in [9.17, 15) is 19.7 Å². The van der Waals surface area contributed by atoms with E-state index in [4.69, 9.17) is 9.47 Å². The summed E-state index contributed by atoms with van der Waals surface area (Å²) < 4.78 is 12.3. The SMILES string of the molecule is CCC1=C(C(=O)OC)[C@@H](c2ccccc2)n2c(s/c(=C\c3cc(N4CCOCC4)ccc3[N+](=O)[O-])c2=O)=N1. The van der Waals surface area contributed by atoms with Crippen LogP contribution in [0.25, 0.3) is 6.08 Å². The Morgan fingerprint density at radius 3 is 2.63 bits per heavy atom. The second kappa shape index (κ2) is 10.7. The number of allylic oxidation sites excluding steroid dienone is 1.